The Kier molecular flexibility index (Phi) is 5.93. The predicted molar refractivity (Wildman–Crippen MR) is 111 cm³/mol. The van der Waals surface area contributed by atoms with Gasteiger partial charge in [-0.25, -0.2) is 4.98 Å². The van der Waals surface area contributed by atoms with Crippen molar-refractivity contribution < 1.29 is 18.0 Å². The number of alkyl halides is 3. The van der Waals surface area contributed by atoms with Crippen molar-refractivity contribution in [2.45, 2.75) is 12.2 Å². The van der Waals surface area contributed by atoms with E-state index < -0.39 is 23.2 Å². The summed E-state index contributed by atoms with van der Waals surface area (Å²) >= 11 is 6.09. The van der Waals surface area contributed by atoms with Gasteiger partial charge in [-0.2, -0.15) is 13.2 Å². The maximum Gasteiger partial charge on any atom is 0.418 e. The summed E-state index contributed by atoms with van der Waals surface area (Å²) in [6.45, 7) is 1.61. The Hall–Kier alpha value is -2.97. The van der Waals surface area contributed by atoms with Crippen LogP contribution in [0.5, 0.6) is 0 Å². The number of aromatic nitrogens is 2. The summed E-state index contributed by atoms with van der Waals surface area (Å²) < 4.78 is 40.7. The van der Waals surface area contributed by atoms with Gasteiger partial charge in [0.05, 0.1) is 5.56 Å². The Morgan fingerprint density at radius 3 is 2.71 bits per heavy atom. The SMILES string of the molecule is O=C(c1cccnc1)c1nc(N2CCNC(c3cccc(Cl)c3)C2)ccc1C(F)(F)F. The zero-order valence-electron chi connectivity index (χ0n) is 16.2. The molecule has 5 nitrogen and oxygen atoms in total. The first-order valence-corrected chi connectivity index (χ1v) is 9.97. The Morgan fingerprint density at radius 1 is 1.16 bits per heavy atom. The number of hydrogen-bond donors (Lipinski definition) is 1. The van der Waals surface area contributed by atoms with Gasteiger partial charge < -0.3 is 10.2 Å². The molecule has 3 heterocycles. The lowest BCUT2D eigenvalue weighted by atomic mass is 10.0. The van der Waals surface area contributed by atoms with Crippen LogP contribution in [0.3, 0.4) is 0 Å². The highest BCUT2D eigenvalue weighted by atomic mass is 35.5. The summed E-state index contributed by atoms with van der Waals surface area (Å²) in [4.78, 5) is 22.7. The van der Waals surface area contributed by atoms with Gasteiger partial charge in [-0.1, -0.05) is 23.7 Å². The van der Waals surface area contributed by atoms with Gasteiger partial charge in [0.1, 0.15) is 11.5 Å². The molecule has 9 heteroatoms. The first-order valence-electron chi connectivity index (χ1n) is 9.59. The van der Waals surface area contributed by atoms with Crippen LogP contribution in [0.2, 0.25) is 5.02 Å². The first-order chi connectivity index (χ1) is 14.8. The highest BCUT2D eigenvalue weighted by molar-refractivity contribution is 6.30. The van der Waals surface area contributed by atoms with Crippen molar-refractivity contribution in [3.05, 3.63) is 88.3 Å². The van der Waals surface area contributed by atoms with Crippen molar-refractivity contribution in [3.8, 4) is 0 Å². The predicted octanol–water partition coefficient (Wildman–Crippen LogP) is 4.53. The van der Waals surface area contributed by atoms with Gasteiger partial charge in [0.2, 0.25) is 5.78 Å². The molecule has 0 spiro atoms. The van der Waals surface area contributed by atoms with Gasteiger partial charge in [-0.05, 0) is 42.0 Å². The van der Waals surface area contributed by atoms with Crippen molar-refractivity contribution in [1.82, 2.24) is 15.3 Å². The molecule has 1 aromatic carbocycles. The number of anilines is 1. The minimum absolute atomic E-state index is 0.0507. The molecule has 0 aliphatic carbocycles. The maximum absolute atomic E-state index is 13.6. The molecule has 1 atom stereocenters. The Balaban J connectivity index is 1.68. The molecule has 1 aliphatic rings. The number of nitrogens with zero attached hydrogens (tertiary/aromatic N) is 3. The average Bonchev–Trinajstić information content (AvgIpc) is 2.78. The van der Waals surface area contributed by atoms with E-state index in [0.29, 0.717) is 30.5 Å². The number of carbonyl (C=O) groups excluding carboxylic acids is 1. The zero-order valence-corrected chi connectivity index (χ0v) is 17.0. The smallest absolute Gasteiger partial charge is 0.353 e. The quantitative estimate of drug-likeness (QED) is 0.597. The highest BCUT2D eigenvalue weighted by Crippen LogP contribution is 2.34. The number of rotatable bonds is 4. The van der Waals surface area contributed by atoms with E-state index in [-0.39, 0.29) is 11.6 Å². The van der Waals surface area contributed by atoms with Crippen LogP contribution >= 0.6 is 11.6 Å². The molecule has 0 amide bonds. The molecule has 3 aromatic rings. The van der Waals surface area contributed by atoms with Crippen LogP contribution in [0, 0.1) is 0 Å². The number of benzene rings is 1. The number of halogens is 4. The second kappa shape index (κ2) is 8.64. The van der Waals surface area contributed by atoms with E-state index in [1.54, 1.807) is 6.07 Å². The van der Waals surface area contributed by atoms with Gasteiger partial charge in [-0.3, -0.25) is 9.78 Å². The molecule has 2 aromatic heterocycles. The molecule has 1 saturated heterocycles. The van der Waals surface area contributed by atoms with E-state index in [4.69, 9.17) is 11.6 Å². The number of pyridine rings is 2. The van der Waals surface area contributed by atoms with Gasteiger partial charge in [-0.15, -0.1) is 0 Å². The molecule has 1 aliphatic heterocycles. The third kappa shape index (κ3) is 4.70. The fraction of sp³-hybridized carbons (Fsp3) is 0.227. The van der Waals surface area contributed by atoms with Crippen LogP contribution in [0.1, 0.15) is 33.2 Å². The van der Waals surface area contributed by atoms with Crippen molar-refractivity contribution in [2.24, 2.45) is 0 Å². The molecule has 1 N–H and O–H groups in total. The first kappa shape index (κ1) is 21.3. The average molecular weight is 447 g/mol. The standard InChI is InChI=1S/C22H18ClF3N4O/c23-16-5-1-3-14(11-16)18-13-30(10-9-28-18)19-7-6-17(22(24,25)26)20(29-19)21(31)15-4-2-8-27-12-15/h1-8,11-12,18,28H,9-10,13H2. The third-order valence-electron chi connectivity index (χ3n) is 5.08. The van der Waals surface area contributed by atoms with Gasteiger partial charge in [0.15, 0.2) is 0 Å². The molecule has 1 fully saturated rings. The fourth-order valence-corrected chi connectivity index (χ4v) is 3.76. The van der Waals surface area contributed by atoms with E-state index >= 15 is 0 Å². The second-order valence-electron chi connectivity index (χ2n) is 7.14. The summed E-state index contributed by atoms with van der Waals surface area (Å²) in [5.74, 6) is -0.502. The van der Waals surface area contributed by atoms with Gasteiger partial charge in [0.25, 0.3) is 0 Å². The summed E-state index contributed by atoms with van der Waals surface area (Å²) in [6.07, 6.45) is -2.02. The topological polar surface area (TPSA) is 58.1 Å². The van der Waals surface area contributed by atoms with Crippen LogP contribution < -0.4 is 10.2 Å². The van der Waals surface area contributed by atoms with E-state index in [2.05, 4.69) is 15.3 Å². The molecule has 160 valence electrons. The number of ketones is 1. The monoisotopic (exact) mass is 446 g/mol. The number of nitrogens with one attached hydrogen (secondary N) is 1. The van der Waals surface area contributed by atoms with Gasteiger partial charge in [0, 0.05) is 48.7 Å². The van der Waals surface area contributed by atoms with E-state index in [1.165, 1.54) is 30.6 Å². The number of hydrogen-bond acceptors (Lipinski definition) is 5. The van der Waals surface area contributed by atoms with Crippen LogP contribution in [0.25, 0.3) is 0 Å². The van der Waals surface area contributed by atoms with Crippen molar-refractivity contribution in [3.63, 3.8) is 0 Å². The molecule has 4 rings (SSSR count). The van der Waals surface area contributed by atoms with Gasteiger partial charge >= 0.3 is 6.18 Å². The minimum Gasteiger partial charge on any atom is -0.353 e. The zero-order chi connectivity index (χ0) is 22.0. The van der Waals surface area contributed by atoms with E-state index in [9.17, 15) is 18.0 Å². The lowest BCUT2D eigenvalue weighted by Crippen LogP contribution is -2.46. The highest BCUT2D eigenvalue weighted by Gasteiger charge is 2.37. The van der Waals surface area contributed by atoms with Crippen molar-refractivity contribution >= 4 is 23.2 Å². The Bertz CT molecular complexity index is 1090. The summed E-state index contributed by atoms with van der Waals surface area (Å²) in [5.41, 5.74) is -0.673. The largest absolute Gasteiger partial charge is 0.418 e. The number of carbonyl (C=O) groups is 1. The molecule has 0 radical (unpaired) electrons. The molecular weight excluding hydrogens is 429 g/mol. The summed E-state index contributed by atoms with van der Waals surface area (Å²) in [7, 11) is 0. The van der Waals surface area contributed by atoms with Crippen LogP contribution in [0.15, 0.2) is 60.9 Å². The van der Waals surface area contributed by atoms with E-state index in [1.807, 2.05) is 23.1 Å². The lowest BCUT2D eigenvalue weighted by molar-refractivity contribution is -0.138. The summed E-state index contributed by atoms with van der Waals surface area (Å²) in [5, 5.41) is 3.98. The van der Waals surface area contributed by atoms with Crippen LogP contribution in [-0.2, 0) is 6.18 Å². The van der Waals surface area contributed by atoms with Crippen LogP contribution in [-0.4, -0.2) is 35.4 Å². The maximum atomic E-state index is 13.6. The molecule has 1 unspecified atom stereocenters. The van der Waals surface area contributed by atoms with E-state index in [0.717, 1.165) is 11.6 Å². The molecular formula is C22H18ClF3N4O. The van der Waals surface area contributed by atoms with Crippen molar-refractivity contribution in [2.75, 3.05) is 24.5 Å². The van der Waals surface area contributed by atoms with Crippen LogP contribution in [0.4, 0.5) is 19.0 Å². The Labute approximate surface area is 181 Å². The minimum atomic E-state index is -4.70. The fourth-order valence-electron chi connectivity index (χ4n) is 3.57. The summed E-state index contributed by atoms with van der Waals surface area (Å²) in [6, 6.07) is 12.5. The third-order valence-corrected chi connectivity index (χ3v) is 5.31. The molecule has 31 heavy (non-hydrogen) atoms. The normalized spacial score (nSPS) is 16.9. The second-order valence-corrected chi connectivity index (χ2v) is 7.58. The van der Waals surface area contributed by atoms with Crippen molar-refractivity contribution in [1.29, 1.82) is 0 Å². The molecule has 0 bridgehead atoms. The Morgan fingerprint density at radius 2 is 2.00 bits per heavy atom. The lowest BCUT2D eigenvalue weighted by Gasteiger charge is -2.35. The number of piperazine rings is 1. The molecule has 0 saturated carbocycles.